The highest BCUT2D eigenvalue weighted by Crippen LogP contribution is 2.32. The molecule has 0 unspecified atom stereocenters. The van der Waals surface area contributed by atoms with Gasteiger partial charge in [0.1, 0.15) is 64.1 Å². The van der Waals surface area contributed by atoms with E-state index in [1.807, 2.05) is 0 Å². The fourth-order valence-electron chi connectivity index (χ4n) is 8.55. The number of ether oxygens (including phenoxy) is 1. The number of hydrogen-bond acceptors (Lipinski definition) is 15. The van der Waals surface area contributed by atoms with Gasteiger partial charge in [-0.15, -0.1) is 0 Å². The quantitative estimate of drug-likeness (QED) is 0.0925. The van der Waals surface area contributed by atoms with Crippen LogP contribution in [-0.4, -0.2) is 156 Å². The molecule has 26 nitrogen and oxygen atoms in total. The van der Waals surface area contributed by atoms with Gasteiger partial charge in [0.15, 0.2) is 0 Å². The van der Waals surface area contributed by atoms with Gasteiger partial charge in [0.25, 0.3) is 32.1 Å². The Hall–Kier alpha value is -7.01. The Morgan fingerprint density at radius 2 is 1.48 bits per heavy atom. The monoisotopic (exact) mass is 1090 g/mol. The number of carbonyl (C=O) groups excluding carboxylic acids is 9. The fraction of sp³-hybridized carbons (Fsp3) is 0.511. The van der Waals surface area contributed by atoms with Crippen LogP contribution in [-0.2, 0) is 76.2 Å². The van der Waals surface area contributed by atoms with Crippen molar-refractivity contribution in [3.63, 3.8) is 0 Å². The average molecular weight is 1090 g/mol. The summed E-state index contributed by atoms with van der Waals surface area (Å²) < 4.78 is 77.3. The van der Waals surface area contributed by atoms with Gasteiger partial charge in [0, 0.05) is 38.0 Å². The van der Waals surface area contributed by atoms with Crippen molar-refractivity contribution >= 4 is 79.3 Å². The standard InChI is InChI=1S/C47H63N9O17S2/c1-8-28-40(59)51-30-16-17-36(57)56(44(30)63)33(19-26-13-10-9-11-14-26)45(64)55(7)32-20-27-21-34(74(67,68)69)35(75(70,71)72)22-31(27)52-47(66)48-18-12-15-29(50-39(58)24(4)5)41(60)54-38(43(62)49-28)25(6)73-46(65)37(23(2)3)53-42(32)61/h8-11,13-14,21-25,29-30,32-33,36-38,57H,12,15-20H2,1-7H3,(H,49,62)(H,50,58)(H,51,59)(H,53,61)(H,54,60)(H2,48,52,66)(H,67,68,69)(H,70,71,72)/b28-8-/t25-,29+,30+,32+,33+,36-,37+,38+/m1/s1. The summed E-state index contributed by atoms with van der Waals surface area (Å²) in [6.45, 7) is 8.31. The van der Waals surface area contributed by atoms with Crippen LogP contribution in [0.3, 0.4) is 0 Å². The molecule has 4 bridgehead atoms. The number of esters is 1. The van der Waals surface area contributed by atoms with Gasteiger partial charge in [0.2, 0.25) is 29.5 Å². The van der Waals surface area contributed by atoms with E-state index < -0.39 is 167 Å². The molecule has 0 saturated carbocycles. The molecule has 8 atom stereocenters. The predicted molar refractivity (Wildman–Crippen MR) is 263 cm³/mol. The largest absolute Gasteiger partial charge is 0.458 e. The van der Waals surface area contributed by atoms with Gasteiger partial charge in [-0.2, -0.15) is 16.8 Å². The Morgan fingerprint density at radius 1 is 0.840 bits per heavy atom. The number of anilines is 1. The van der Waals surface area contributed by atoms with Crippen molar-refractivity contribution in [2.75, 3.05) is 18.9 Å². The first-order valence-corrected chi connectivity index (χ1v) is 26.8. The highest BCUT2D eigenvalue weighted by atomic mass is 32.2. The number of rotatable bonds is 7. The van der Waals surface area contributed by atoms with Crippen LogP contribution in [0.4, 0.5) is 10.5 Å². The summed E-state index contributed by atoms with van der Waals surface area (Å²) in [7, 11) is -10.0. The van der Waals surface area contributed by atoms with Crippen molar-refractivity contribution in [3.05, 3.63) is 65.4 Å². The van der Waals surface area contributed by atoms with Crippen LogP contribution in [0.15, 0.2) is 64.0 Å². The molecule has 5 rings (SSSR count). The third-order valence-corrected chi connectivity index (χ3v) is 14.7. The average Bonchev–Trinajstić information content (AvgIpc) is 3.33. The first-order chi connectivity index (χ1) is 35.0. The number of allylic oxidation sites excluding steroid dienone is 1. The van der Waals surface area contributed by atoms with E-state index in [2.05, 4.69) is 37.2 Å². The number of benzene rings is 2. The van der Waals surface area contributed by atoms with Crippen molar-refractivity contribution in [3.8, 4) is 0 Å². The molecule has 2 aromatic rings. The maximum absolute atomic E-state index is 15.3. The summed E-state index contributed by atoms with van der Waals surface area (Å²) in [6, 6.07) is -2.15. The minimum absolute atomic E-state index is 0.0973. The van der Waals surface area contributed by atoms with Crippen LogP contribution in [0.1, 0.15) is 78.4 Å². The zero-order chi connectivity index (χ0) is 55.9. The summed E-state index contributed by atoms with van der Waals surface area (Å²) in [5.74, 6) is -9.81. The van der Waals surface area contributed by atoms with E-state index >= 15 is 9.59 Å². The normalized spacial score (nSPS) is 26.1. The maximum Gasteiger partial charge on any atom is 0.329 e. The van der Waals surface area contributed by atoms with E-state index in [0.29, 0.717) is 17.7 Å². The van der Waals surface area contributed by atoms with Gasteiger partial charge >= 0.3 is 12.0 Å². The van der Waals surface area contributed by atoms with Crippen molar-refractivity contribution in [2.24, 2.45) is 11.8 Å². The number of urea groups is 1. The van der Waals surface area contributed by atoms with E-state index in [4.69, 9.17) is 4.74 Å². The van der Waals surface area contributed by atoms with Crippen LogP contribution in [0.25, 0.3) is 0 Å². The lowest BCUT2D eigenvalue weighted by Gasteiger charge is -2.43. The summed E-state index contributed by atoms with van der Waals surface area (Å²) in [4.78, 5) is 127. The highest BCUT2D eigenvalue weighted by molar-refractivity contribution is 7.89. The van der Waals surface area contributed by atoms with Gasteiger partial charge in [-0.3, -0.25) is 42.7 Å². The summed E-state index contributed by atoms with van der Waals surface area (Å²) >= 11 is 0. The third-order valence-electron chi connectivity index (χ3n) is 12.8. The Morgan fingerprint density at radius 3 is 2.08 bits per heavy atom. The lowest BCUT2D eigenvalue weighted by atomic mass is 9.95. The molecule has 2 saturated heterocycles. The number of piperidine rings is 1. The second-order valence-corrected chi connectivity index (χ2v) is 21.7. The number of carbonyl (C=O) groups is 9. The zero-order valence-electron chi connectivity index (χ0n) is 42.1. The van der Waals surface area contributed by atoms with Crippen molar-refractivity contribution < 1.29 is 78.9 Å². The molecular formula is C47H63N9O17S2. The Kier molecular flexibility index (Phi) is 19.3. The molecule has 3 heterocycles. The number of likely N-dealkylation sites (N-methyl/N-ethyl adjacent to an activating group) is 1. The smallest absolute Gasteiger partial charge is 0.329 e. The molecule has 410 valence electrons. The predicted octanol–water partition coefficient (Wildman–Crippen LogP) is -0.767. The molecule has 0 aliphatic carbocycles. The van der Waals surface area contributed by atoms with Gasteiger partial charge in [-0.1, -0.05) is 64.1 Å². The van der Waals surface area contributed by atoms with Gasteiger partial charge in [-0.05, 0) is 68.7 Å². The van der Waals surface area contributed by atoms with Crippen LogP contribution >= 0.6 is 0 Å². The second kappa shape index (κ2) is 24.6. The third kappa shape index (κ3) is 14.6. The molecule has 3 aliphatic heterocycles. The molecule has 9 amide bonds. The number of aliphatic hydroxyl groups is 1. The Labute approximate surface area is 433 Å². The topological polar surface area (TPSA) is 383 Å². The molecule has 2 aromatic carbocycles. The van der Waals surface area contributed by atoms with Gasteiger partial charge in [-0.25, -0.2) is 9.59 Å². The lowest BCUT2D eigenvalue weighted by Crippen LogP contribution is -2.64. The van der Waals surface area contributed by atoms with Crippen molar-refractivity contribution in [1.29, 1.82) is 0 Å². The minimum Gasteiger partial charge on any atom is -0.458 e. The van der Waals surface area contributed by atoms with E-state index in [1.165, 1.54) is 47.6 Å². The first-order valence-electron chi connectivity index (χ1n) is 23.9. The fourth-order valence-corrected chi connectivity index (χ4v) is 10.4. The summed E-state index contributed by atoms with van der Waals surface area (Å²) in [5.41, 5.74) is -1.10. The van der Waals surface area contributed by atoms with Crippen molar-refractivity contribution in [1.82, 2.24) is 41.7 Å². The first kappa shape index (κ1) is 58.9. The molecule has 2 fully saturated rings. The molecule has 0 spiro atoms. The Bertz CT molecular complexity index is 2830. The zero-order valence-corrected chi connectivity index (χ0v) is 43.7. The number of hydrogen-bond donors (Lipinski definition) is 10. The van der Waals surface area contributed by atoms with E-state index in [9.17, 15) is 64.6 Å². The molecule has 75 heavy (non-hydrogen) atoms. The van der Waals surface area contributed by atoms with E-state index in [-0.39, 0.29) is 38.6 Å². The number of aliphatic hydroxyl groups excluding tert-OH is 1. The van der Waals surface area contributed by atoms with Gasteiger partial charge < -0.3 is 56.9 Å². The summed E-state index contributed by atoms with van der Waals surface area (Å²) in [5, 5.41) is 28.9. The molecule has 28 heteroatoms. The van der Waals surface area contributed by atoms with E-state index in [1.54, 1.807) is 30.3 Å². The Balaban J connectivity index is 1.83. The number of amides is 9. The van der Waals surface area contributed by atoms with Crippen LogP contribution in [0.2, 0.25) is 0 Å². The van der Waals surface area contributed by atoms with Crippen LogP contribution < -0.4 is 37.2 Å². The van der Waals surface area contributed by atoms with Crippen LogP contribution in [0.5, 0.6) is 0 Å². The number of nitrogens with one attached hydrogen (secondary N) is 7. The number of nitrogens with zero attached hydrogens (tertiary/aromatic N) is 2. The molecular weight excluding hydrogens is 1030 g/mol. The molecule has 10 N–H and O–H groups in total. The maximum atomic E-state index is 15.3. The van der Waals surface area contributed by atoms with Crippen LogP contribution in [0, 0.1) is 11.8 Å². The highest BCUT2D eigenvalue weighted by Gasteiger charge is 2.46. The SMILES string of the molecule is C/C=C1\NC(=O)[C@H]2NC(=O)[C@@H](NC(=O)C(C)C)CCCNC(=O)Nc3cc(S(=O)(=O)O)c(S(=O)(=O)O)cc3C[C@@H](C(=O)N[C@@H](C(C)C)C(=O)O[C@@H]2C)N(C)C(=O)[C@H](Cc2ccccc2)N2C(=O)[C@H](CC[C@H]2O)NC1=O. The number of fused-ring (bicyclic) bond motifs is 10. The second-order valence-electron chi connectivity index (χ2n) is 18.9. The molecule has 0 radical (unpaired) electrons. The minimum atomic E-state index is -5.58. The van der Waals surface area contributed by atoms with Gasteiger partial charge in [0.05, 0.1) is 0 Å². The lowest BCUT2D eigenvalue weighted by molar-refractivity contribution is -0.165. The van der Waals surface area contributed by atoms with E-state index in [0.717, 1.165) is 16.8 Å². The summed E-state index contributed by atoms with van der Waals surface area (Å²) in [6.07, 6.45) is -4.15. The molecule has 0 aromatic heterocycles. The van der Waals surface area contributed by atoms with Crippen molar-refractivity contribution in [2.45, 2.75) is 138 Å². The molecule has 3 aliphatic rings.